The molecule has 0 aliphatic carbocycles. The largest absolute Gasteiger partial charge is 0.454 e. The SMILES string of the molecule is Cc1ccc(NC(=O)COC(=O)[C@@H](O)[C@@H](O)c2nc3ccccc3s2)cc1C. The number of carbonyl (C=O) groups is 2. The molecule has 3 N–H and O–H groups in total. The highest BCUT2D eigenvalue weighted by molar-refractivity contribution is 7.18. The number of hydrogen-bond donors (Lipinski definition) is 3. The number of rotatable bonds is 6. The Balaban J connectivity index is 1.55. The van der Waals surface area contributed by atoms with Gasteiger partial charge in [0.2, 0.25) is 0 Å². The van der Waals surface area contributed by atoms with Gasteiger partial charge < -0.3 is 20.3 Å². The van der Waals surface area contributed by atoms with Crippen LogP contribution >= 0.6 is 11.3 Å². The standard InChI is InChI=1S/C20H20N2O5S/c1-11-7-8-13(9-12(11)2)21-16(23)10-27-20(26)18(25)17(24)19-22-14-5-3-4-6-15(14)28-19/h3-9,17-18,24-25H,10H2,1-2H3,(H,21,23)/t17-,18+/m1/s1. The third-order valence-electron chi connectivity index (χ3n) is 4.24. The van der Waals surface area contributed by atoms with Crippen LogP contribution in [0, 0.1) is 13.8 Å². The van der Waals surface area contributed by atoms with Gasteiger partial charge in [-0.05, 0) is 49.2 Å². The van der Waals surface area contributed by atoms with E-state index in [-0.39, 0.29) is 5.01 Å². The van der Waals surface area contributed by atoms with Crippen LogP contribution < -0.4 is 5.32 Å². The van der Waals surface area contributed by atoms with Crippen LogP contribution in [0.3, 0.4) is 0 Å². The number of aryl methyl sites for hydroxylation is 2. The van der Waals surface area contributed by atoms with Crippen molar-refractivity contribution in [1.29, 1.82) is 0 Å². The Kier molecular flexibility index (Phi) is 6.03. The second kappa shape index (κ2) is 8.47. The summed E-state index contributed by atoms with van der Waals surface area (Å²) in [5.74, 6) is -1.64. The summed E-state index contributed by atoms with van der Waals surface area (Å²) in [5.41, 5.74) is 3.36. The van der Waals surface area contributed by atoms with Crippen molar-refractivity contribution in [2.45, 2.75) is 26.1 Å². The number of nitrogens with one attached hydrogen (secondary N) is 1. The number of hydrogen-bond acceptors (Lipinski definition) is 7. The first-order valence-electron chi connectivity index (χ1n) is 8.60. The van der Waals surface area contributed by atoms with Crippen LogP contribution in [0.2, 0.25) is 0 Å². The molecule has 0 unspecified atom stereocenters. The van der Waals surface area contributed by atoms with E-state index in [4.69, 9.17) is 4.74 Å². The molecule has 1 heterocycles. The summed E-state index contributed by atoms with van der Waals surface area (Å²) < 4.78 is 5.65. The van der Waals surface area contributed by atoms with Gasteiger partial charge in [0, 0.05) is 5.69 Å². The molecule has 3 aromatic rings. The molecular weight excluding hydrogens is 380 g/mol. The number of para-hydroxylation sites is 1. The number of fused-ring (bicyclic) bond motifs is 1. The number of carbonyl (C=O) groups excluding carboxylic acids is 2. The van der Waals surface area contributed by atoms with E-state index in [0.29, 0.717) is 11.2 Å². The molecule has 2 aromatic carbocycles. The Hall–Kier alpha value is -2.81. The summed E-state index contributed by atoms with van der Waals surface area (Å²) in [6, 6.07) is 12.6. The monoisotopic (exact) mass is 400 g/mol. The number of benzene rings is 2. The Morgan fingerprint density at radius 1 is 1.14 bits per heavy atom. The van der Waals surface area contributed by atoms with Gasteiger partial charge in [0.25, 0.3) is 5.91 Å². The van der Waals surface area contributed by atoms with Crippen molar-refractivity contribution in [3.05, 3.63) is 58.6 Å². The third kappa shape index (κ3) is 4.53. The Morgan fingerprint density at radius 2 is 1.89 bits per heavy atom. The van der Waals surface area contributed by atoms with Crippen LogP contribution in [0.4, 0.5) is 5.69 Å². The molecule has 7 nitrogen and oxygen atoms in total. The fraction of sp³-hybridized carbons (Fsp3) is 0.250. The zero-order chi connectivity index (χ0) is 20.3. The van der Waals surface area contributed by atoms with Crippen LogP contribution in [-0.2, 0) is 14.3 Å². The summed E-state index contributed by atoms with van der Waals surface area (Å²) in [7, 11) is 0. The van der Waals surface area contributed by atoms with E-state index < -0.39 is 30.7 Å². The molecule has 0 bridgehead atoms. The quantitative estimate of drug-likeness (QED) is 0.549. The number of anilines is 1. The molecule has 0 spiro atoms. The lowest BCUT2D eigenvalue weighted by atomic mass is 10.1. The van der Waals surface area contributed by atoms with E-state index in [2.05, 4.69) is 10.3 Å². The highest BCUT2D eigenvalue weighted by Gasteiger charge is 2.30. The maximum Gasteiger partial charge on any atom is 0.338 e. The van der Waals surface area contributed by atoms with E-state index >= 15 is 0 Å². The predicted octanol–water partition coefficient (Wildman–Crippen LogP) is 2.49. The summed E-state index contributed by atoms with van der Waals surface area (Å²) in [6.45, 7) is 3.31. The van der Waals surface area contributed by atoms with Gasteiger partial charge in [0.05, 0.1) is 10.2 Å². The maximum atomic E-state index is 12.0. The number of nitrogens with zero attached hydrogens (tertiary/aromatic N) is 1. The normalized spacial score (nSPS) is 13.1. The molecule has 1 amide bonds. The van der Waals surface area contributed by atoms with Gasteiger partial charge in [-0.25, -0.2) is 9.78 Å². The Morgan fingerprint density at radius 3 is 2.61 bits per heavy atom. The van der Waals surface area contributed by atoms with Crippen LogP contribution in [-0.4, -0.2) is 39.8 Å². The predicted molar refractivity (Wildman–Crippen MR) is 106 cm³/mol. The molecule has 0 fully saturated rings. The van der Waals surface area contributed by atoms with Gasteiger partial charge in [0.1, 0.15) is 11.1 Å². The van der Waals surface area contributed by atoms with E-state index in [0.717, 1.165) is 15.8 Å². The number of ether oxygens (including phenoxy) is 1. The first-order valence-corrected chi connectivity index (χ1v) is 9.42. The van der Waals surface area contributed by atoms with Crippen LogP contribution in [0.5, 0.6) is 0 Å². The van der Waals surface area contributed by atoms with Crippen LogP contribution in [0.25, 0.3) is 10.2 Å². The van der Waals surface area contributed by atoms with E-state index in [9.17, 15) is 19.8 Å². The number of thiazole rings is 1. The van der Waals surface area contributed by atoms with Crippen molar-refractivity contribution in [3.63, 3.8) is 0 Å². The van der Waals surface area contributed by atoms with Crippen molar-refractivity contribution < 1.29 is 24.5 Å². The van der Waals surface area contributed by atoms with Gasteiger partial charge in [-0.2, -0.15) is 0 Å². The lowest BCUT2D eigenvalue weighted by Crippen LogP contribution is -2.32. The minimum absolute atomic E-state index is 0.199. The van der Waals surface area contributed by atoms with Crippen LogP contribution in [0.1, 0.15) is 22.2 Å². The second-order valence-corrected chi connectivity index (χ2v) is 7.43. The zero-order valence-electron chi connectivity index (χ0n) is 15.4. The zero-order valence-corrected chi connectivity index (χ0v) is 16.2. The van der Waals surface area contributed by atoms with Crippen molar-refractivity contribution in [2.75, 3.05) is 11.9 Å². The summed E-state index contributed by atoms with van der Waals surface area (Å²) >= 11 is 1.17. The molecule has 3 rings (SSSR count). The third-order valence-corrected chi connectivity index (χ3v) is 5.35. The number of aliphatic hydroxyl groups is 2. The molecular formula is C20H20N2O5S. The molecule has 2 atom stereocenters. The maximum absolute atomic E-state index is 12.0. The first kappa shape index (κ1) is 19.9. The number of esters is 1. The Bertz CT molecular complexity index is 984. The van der Waals surface area contributed by atoms with Gasteiger partial charge in [-0.3, -0.25) is 4.79 Å². The highest BCUT2D eigenvalue weighted by Crippen LogP contribution is 2.28. The van der Waals surface area contributed by atoms with E-state index in [1.165, 1.54) is 11.3 Å². The number of amides is 1. The molecule has 0 aliphatic rings. The number of aliphatic hydroxyl groups excluding tert-OH is 2. The van der Waals surface area contributed by atoms with Gasteiger partial charge in [-0.1, -0.05) is 18.2 Å². The van der Waals surface area contributed by atoms with Gasteiger partial charge in [0.15, 0.2) is 12.7 Å². The minimum Gasteiger partial charge on any atom is -0.454 e. The lowest BCUT2D eigenvalue weighted by Gasteiger charge is -2.14. The molecule has 0 aliphatic heterocycles. The smallest absolute Gasteiger partial charge is 0.338 e. The molecule has 0 saturated heterocycles. The van der Waals surface area contributed by atoms with Crippen LogP contribution in [0.15, 0.2) is 42.5 Å². The molecule has 0 saturated carbocycles. The summed E-state index contributed by atoms with van der Waals surface area (Å²) in [4.78, 5) is 28.1. The van der Waals surface area contributed by atoms with E-state index in [1.54, 1.807) is 24.3 Å². The molecule has 0 radical (unpaired) electrons. The second-order valence-electron chi connectivity index (χ2n) is 6.36. The van der Waals surface area contributed by atoms with Gasteiger partial charge >= 0.3 is 5.97 Å². The Labute approximate surface area is 165 Å². The topological polar surface area (TPSA) is 109 Å². The van der Waals surface area contributed by atoms with Gasteiger partial charge in [-0.15, -0.1) is 11.3 Å². The molecule has 8 heteroatoms. The molecule has 28 heavy (non-hydrogen) atoms. The number of aromatic nitrogens is 1. The summed E-state index contributed by atoms with van der Waals surface area (Å²) in [6.07, 6.45) is -3.37. The fourth-order valence-corrected chi connectivity index (χ4v) is 3.50. The van der Waals surface area contributed by atoms with Crippen molar-refractivity contribution in [1.82, 2.24) is 4.98 Å². The molecule has 1 aromatic heterocycles. The fourth-order valence-electron chi connectivity index (χ4n) is 2.52. The molecule has 146 valence electrons. The minimum atomic E-state index is -1.84. The average Bonchev–Trinajstić information content (AvgIpc) is 3.12. The summed E-state index contributed by atoms with van der Waals surface area (Å²) in [5, 5.41) is 23.1. The van der Waals surface area contributed by atoms with E-state index in [1.807, 2.05) is 32.0 Å². The highest BCUT2D eigenvalue weighted by atomic mass is 32.1. The van der Waals surface area contributed by atoms with Crippen molar-refractivity contribution >= 4 is 39.1 Å². The lowest BCUT2D eigenvalue weighted by molar-refractivity contribution is -0.161. The van der Waals surface area contributed by atoms with Crippen molar-refractivity contribution in [3.8, 4) is 0 Å². The average molecular weight is 400 g/mol. The van der Waals surface area contributed by atoms with Crippen molar-refractivity contribution in [2.24, 2.45) is 0 Å². The first-order chi connectivity index (χ1) is 13.3.